The van der Waals surface area contributed by atoms with Crippen LogP contribution < -0.4 is 0 Å². The van der Waals surface area contributed by atoms with E-state index in [9.17, 15) is 9.90 Å². The highest BCUT2D eigenvalue weighted by Crippen LogP contribution is 2.37. The molecule has 0 saturated carbocycles. The Kier molecular flexibility index (Phi) is 4.36. The lowest BCUT2D eigenvalue weighted by atomic mass is 9.96. The zero-order chi connectivity index (χ0) is 17.4. The Labute approximate surface area is 151 Å². The second-order valence-corrected chi connectivity index (χ2v) is 7.04. The first-order chi connectivity index (χ1) is 12.1. The molecule has 1 saturated heterocycles. The Morgan fingerprint density at radius 2 is 1.88 bits per heavy atom. The van der Waals surface area contributed by atoms with Gasteiger partial charge in [-0.15, -0.1) is 0 Å². The summed E-state index contributed by atoms with van der Waals surface area (Å²) in [7, 11) is 0. The van der Waals surface area contributed by atoms with Gasteiger partial charge in [0.25, 0.3) is 0 Å². The molecule has 1 N–H and O–H groups in total. The van der Waals surface area contributed by atoms with Crippen molar-refractivity contribution >= 4 is 17.7 Å². The number of benzene rings is 1. The molecule has 0 spiro atoms. The summed E-state index contributed by atoms with van der Waals surface area (Å²) >= 11 is 6.23. The predicted molar refractivity (Wildman–Crippen MR) is 96.1 cm³/mol. The van der Waals surface area contributed by atoms with Crippen LogP contribution in [0.15, 0.2) is 36.5 Å². The molecule has 2 aromatic rings. The number of nitrogens with zero attached hydrogens (tertiary/aromatic N) is 3. The summed E-state index contributed by atoms with van der Waals surface area (Å²) in [6, 6.07) is 10.3. The van der Waals surface area contributed by atoms with E-state index >= 15 is 0 Å². The highest BCUT2D eigenvalue weighted by Gasteiger charge is 2.32. The molecule has 0 unspecified atom stereocenters. The van der Waals surface area contributed by atoms with Crippen molar-refractivity contribution in [2.45, 2.75) is 18.9 Å². The molecule has 6 heteroatoms. The third kappa shape index (κ3) is 3.10. The van der Waals surface area contributed by atoms with Gasteiger partial charge in [0, 0.05) is 37.4 Å². The Hall–Kier alpha value is -2.11. The Morgan fingerprint density at radius 3 is 2.64 bits per heavy atom. The predicted octanol–water partition coefficient (Wildman–Crippen LogP) is 3.22. The van der Waals surface area contributed by atoms with Crippen LogP contribution in [0.4, 0.5) is 4.79 Å². The van der Waals surface area contributed by atoms with Gasteiger partial charge in [-0.2, -0.15) is 0 Å². The zero-order valence-corrected chi connectivity index (χ0v) is 14.6. The summed E-state index contributed by atoms with van der Waals surface area (Å²) in [5.74, 6) is 0. The Morgan fingerprint density at radius 1 is 1.12 bits per heavy atom. The van der Waals surface area contributed by atoms with E-state index in [0.717, 1.165) is 23.6 Å². The van der Waals surface area contributed by atoms with Crippen LogP contribution in [0.1, 0.15) is 28.4 Å². The molecule has 1 atom stereocenters. The molecular formula is C19H20ClN3O2. The monoisotopic (exact) mass is 357 g/mol. The van der Waals surface area contributed by atoms with Crippen molar-refractivity contribution in [1.29, 1.82) is 0 Å². The lowest BCUT2D eigenvalue weighted by Gasteiger charge is -2.38. The number of fused-ring (bicyclic) bond motifs is 2. The van der Waals surface area contributed by atoms with Crippen molar-refractivity contribution < 1.29 is 9.90 Å². The van der Waals surface area contributed by atoms with E-state index < -0.39 is 6.09 Å². The fraction of sp³-hybridized carbons (Fsp3) is 0.368. The van der Waals surface area contributed by atoms with Gasteiger partial charge in [-0.1, -0.05) is 23.7 Å². The van der Waals surface area contributed by atoms with Crippen molar-refractivity contribution in [1.82, 2.24) is 14.8 Å². The number of halogens is 1. The first-order valence-electron chi connectivity index (χ1n) is 8.57. The molecule has 130 valence electrons. The summed E-state index contributed by atoms with van der Waals surface area (Å²) in [6.07, 6.45) is 2.90. The standard InChI is InChI=1S/C19H20ClN3O2/c20-15-5-6-16-14(12-15)4-3-13-2-1-7-21-17(13)18(16)22-8-10-23(11-9-22)19(24)25/h1-2,5-7,12,18H,3-4,8-11H2,(H,24,25)/t18-/m0/s1. The van der Waals surface area contributed by atoms with Crippen LogP contribution in [-0.2, 0) is 12.8 Å². The fourth-order valence-corrected chi connectivity index (χ4v) is 4.12. The minimum atomic E-state index is -0.841. The van der Waals surface area contributed by atoms with Crippen LogP contribution >= 0.6 is 11.6 Å². The maximum atomic E-state index is 11.2. The molecule has 0 radical (unpaired) electrons. The van der Waals surface area contributed by atoms with E-state index in [1.807, 2.05) is 18.3 Å². The van der Waals surface area contributed by atoms with E-state index in [1.165, 1.54) is 21.6 Å². The number of aromatic nitrogens is 1. The zero-order valence-electron chi connectivity index (χ0n) is 13.9. The maximum Gasteiger partial charge on any atom is 0.407 e. The molecule has 2 aliphatic rings. The molecule has 1 aromatic heterocycles. The van der Waals surface area contributed by atoms with Crippen LogP contribution in [0, 0.1) is 0 Å². The fourth-order valence-electron chi connectivity index (χ4n) is 3.92. The van der Waals surface area contributed by atoms with Crippen LogP contribution in [0.25, 0.3) is 0 Å². The highest BCUT2D eigenvalue weighted by atomic mass is 35.5. The molecule has 0 bridgehead atoms. The van der Waals surface area contributed by atoms with Gasteiger partial charge in [0.1, 0.15) is 0 Å². The van der Waals surface area contributed by atoms with Crippen LogP contribution in [-0.4, -0.2) is 52.2 Å². The van der Waals surface area contributed by atoms with E-state index in [4.69, 9.17) is 16.6 Å². The third-order valence-corrected chi connectivity index (χ3v) is 5.43. The van der Waals surface area contributed by atoms with Gasteiger partial charge in [-0.05, 0) is 47.7 Å². The van der Waals surface area contributed by atoms with Crippen molar-refractivity contribution in [3.63, 3.8) is 0 Å². The average Bonchev–Trinajstić information content (AvgIpc) is 2.78. The summed E-state index contributed by atoms with van der Waals surface area (Å²) in [5.41, 5.74) is 4.86. The van der Waals surface area contributed by atoms with Gasteiger partial charge in [0.15, 0.2) is 0 Å². The molecule has 2 heterocycles. The average molecular weight is 358 g/mol. The number of amides is 1. The quantitative estimate of drug-likeness (QED) is 0.851. The van der Waals surface area contributed by atoms with Crippen molar-refractivity contribution in [2.75, 3.05) is 26.2 Å². The van der Waals surface area contributed by atoms with Crippen LogP contribution in [0.5, 0.6) is 0 Å². The molecule has 1 amide bonds. The third-order valence-electron chi connectivity index (χ3n) is 5.20. The molecule has 5 nitrogen and oxygen atoms in total. The summed E-state index contributed by atoms with van der Waals surface area (Å²) in [6.45, 7) is 2.46. The summed E-state index contributed by atoms with van der Waals surface area (Å²) < 4.78 is 0. The minimum absolute atomic E-state index is 0.0573. The number of hydrogen-bond acceptors (Lipinski definition) is 3. The van der Waals surface area contributed by atoms with E-state index in [-0.39, 0.29) is 6.04 Å². The normalized spacial score (nSPS) is 20.5. The Balaban J connectivity index is 1.74. The number of piperazine rings is 1. The van der Waals surface area contributed by atoms with E-state index in [2.05, 4.69) is 23.1 Å². The van der Waals surface area contributed by atoms with Gasteiger partial charge in [-0.25, -0.2) is 4.79 Å². The van der Waals surface area contributed by atoms with E-state index in [0.29, 0.717) is 26.2 Å². The number of pyridine rings is 1. The topological polar surface area (TPSA) is 56.7 Å². The highest BCUT2D eigenvalue weighted by molar-refractivity contribution is 6.30. The van der Waals surface area contributed by atoms with Gasteiger partial charge >= 0.3 is 6.09 Å². The number of aryl methyl sites for hydroxylation is 2. The molecular weight excluding hydrogens is 338 g/mol. The number of rotatable bonds is 1. The first-order valence-corrected chi connectivity index (χ1v) is 8.95. The maximum absolute atomic E-state index is 11.2. The molecule has 25 heavy (non-hydrogen) atoms. The number of hydrogen-bond donors (Lipinski definition) is 1. The van der Waals surface area contributed by atoms with Crippen molar-refractivity contribution in [2.24, 2.45) is 0 Å². The second-order valence-electron chi connectivity index (χ2n) is 6.60. The van der Waals surface area contributed by atoms with Gasteiger partial charge < -0.3 is 10.0 Å². The Bertz CT molecular complexity index is 803. The smallest absolute Gasteiger partial charge is 0.407 e. The lowest BCUT2D eigenvalue weighted by Crippen LogP contribution is -2.49. The molecule has 1 fully saturated rings. The molecule has 1 aromatic carbocycles. The van der Waals surface area contributed by atoms with Gasteiger partial charge in [0.05, 0.1) is 11.7 Å². The van der Waals surface area contributed by atoms with Gasteiger partial charge in [-0.3, -0.25) is 9.88 Å². The largest absolute Gasteiger partial charge is 0.465 e. The SMILES string of the molecule is O=C(O)N1CCN([C@H]2c3ccc(Cl)cc3CCc3cccnc32)CC1. The summed E-state index contributed by atoms with van der Waals surface area (Å²) in [5, 5.41) is 9.96. The first kappa shape index (κ1) is 16.4. The minimum Gasteiger partial charge on any atom is -0.465 e. The van der Waals surface area contributed by atoms with Crippen LogP contribution in [0.2, 0.25) is 5.02 Å². The van der Waals surface area contributed by atoms with Crippen molar-refractivity contribution in [3.05, 3.63) is 63.9 Å². The van der Waals surface area contributed by atoms with Crippen LogP contribution in [0.3, 0.4) is 0 Å². The molecule has 1 aliphatic carbocycles. The second kappa shape index (κ2) is 6.65. The van der Waals surface area contributed by atoms with Crippen molar-refractivity contribution in [3.8, 4) is 0 Å². The summed E-state index contributed by atoms with van der Waals surface area (Å²) in [4.78, 5) is 19.7. The lowest BCUT2D eigenvalue weighted by molar-refractivity contribution is 0.0923. The van der Waals surface area contributed by atoms with E-state index in [1.54, 1.807) is 0 Å². The van der Waals surface area contributed by atoms with Gasteiger partial charge in [0.2, 0.25) is 0 Å². The molecule has 1 aliphatic heterocycles. The molecule has 4 rings (SSSR count). The number of carboxylic acid groups (broad SMARTS) is 1. The number of carbonyl (C=O) groups is 1.